The summed E-state index contributed by atoms with van der Waals surface area (Å²) in [5, 5.41) is 12.2. The fraction of sp³-hybridized carbons (Fsp3) is 0.320. The highest BCUT2D eigenvalue weighted by Crippen LogP contribution is 2.33. The summed E-state index contributed by atoms with van der Waals surface area (Å²) < 4.78 is 33.2. The van der Waals surface area contributed by atoms with E-state index < -0.39 is 45.8 Å². The summed E-state index contributed by atoms with van der Waals surface area (Å²) in [6, 6.07) is 27.8. The number of rotatable bonds is 25. The van der Waals surface area contributed by atoms with Gasteiger partial charge in [-0.3, -0.25) is 10.1 Å². The molecule has 0 atom stereocenters. The lowest BCUT2D eigenvalue weighted by Crippen LogP contribution is -2.14. The SMILES string of the molecule is CCCCCCCCOc1ccc(C(=O)Oc2ccc(OC(=O)c3cccc(OC(=O)c4ccc(OC(=O)c5ccc(OCCCCCCCC)cc5)cc4)c3[N+](=O)[O-])cc2)cc1. The van der Waals surface area contributed by atoms with Crippen molar-refractivity contribution < 1.29 is 52.5 Å². The smallest absolute Gasteiger partial charge is 0.350 e. The van der Waals surface area contributed by atoms with Crippen LogP contribution < -0.4 is 28.4 Å². The Labute approximate surface area is 367 Å². The fourth-order valence-electron chi connectivity index (χ4n) is 6.36. The summed E-state index contributed by atoms with van der Waals surface area (Å²) in [5.74, 6) is -2.13. The van der Waals surface area contributed by atoms with E-state index in [2.05, 4.69) is 13.8 Å². The van der Waals surface area contributed by atoms with Crippen molar-refractivity contribution in [2.75, 3.05) is 13.2 Å². The molecule has 13 heteroatoms. The summed E-state index contributed by atoms with van der Waals surface area (Å²) in [6.45, 7) is 5.57. The van der Waals surface area contributed by atoms with Crippen LogP contribution in [-0.2, 0) is 0 Å². The molecular formula is C50H53NO12. The topological polar surface area (TPSA) is 167 Å². The van der Waals surface area contributed by atoms with E-state index in [1.165, 1.54) is 118 Å². The lowest BCUT2D eigenvalue weighted by molar-refractivity contribution is -0.385. The van der Waals surface area contributed by atoms with Gasteiger partial charge >= 0.3 is 29.6 Å². The molecule has 330 valence electrons. The summed E-state index contributed by atoms with van der Waals surface area (Å²) in [4.78, 5) is 63.1. The number of nitrogens with zero attached hydrogens (tertiary/aromatic N) is 1. The minimum Gasteiger partial charge on any atom is -0.494 e. The minimum atomic E-state index is -1.09. The van der Waals surface area contributed by atoms with Crippen LogP contribution in [0.3, 0.4) is 0 Å². The maximum absolute atomic E-state index is 13.2. The van der Waals surface area contributed by atoms with Gasteiger partial charge in [-0.05, 0) is 122 Å². The number of nitro benzene ring substituents is 1. The summed E-state index contributed by atoms with van der Waals surface area (Å²) >= 11 is 0. The first-order valence-electron chi connectivity index (χ1n) is 21.5. The maximum Gasteiger partial charge on any atom is 0.350 e. The number of esters is 4. The molecule has 0 bridgehead atoms. The van der Waals surface area contributed by atoms with E-state index >= 15 is 0 Å². The van der Waals surface area contributed by atoms with Crippen LogP contribution in [0.5, 0.6) is 34.5 Å². The molecule has 0 saturated heterocycles. The molecule has 0 heterocycles. The molecule has 0 saturated carbocycles. The van der Waals surface area contributed by atoms with E-state index in [1.54, 1.807) is 48.5 Å². The van der Waals surface area contributed by atoms with Gasteiger partial charge in [0.25, 0.3) is 0 Å². The molecule has 0 spiro atoms. The first-order chi connectivity index (χ1) is 30.6. The lowest BCUT2D eigenvalue weighted by Gasteiger charge is -2.10. The van der Waals surface area contributed by atoms with Crippen molar-refractivity contribution in [1.82, 2.24) is 0 Å². The second-order valence-corrected chi connectivity index (χ2v) is 14.7. The molecule has 0 aromatic heterocycles. The number of ether oxygens (including phenoxy) is 6. The molecule has 0 fully saturated rings. The Morgan fingerprint density at radius 3 is 1.19 bits per heavy atom. The van der Waals surface area contributed by atoms with Gasteiger partial charge in [0.1, 0.15) is 34.3 Å². The van der Waals surface area contributed by atoms with Crippen LogP contribution in [0.1, 0.15) is 132 Å². The van der Waals surface area contributed by atoms with Crippen molar-refractivity contribution in [3.63, 3.8) is 0 Å². The maximum atomic E-state index is 13.2. The number of para-hydroxylation sites is 1. The molecule has 5 aromatic rings. The van der Waals surface area contributed by atoms with Crippen molar-refractivity contribution in [3.8, 4) is 34.5 Å². The van der Waals surface area contributed by atoms with E-state index in [1.807, 2.05) is 0 Å². The molecule has 0 N–H and O–H groups in total. The van der Waals surface area contributed by atoms with Crippen LogP contribution in [0, 0.1) is 10.1 Å². The van der Waals surface area contributed by atoms with E-state index in [-0.39, 0.29) is 22.8 Å². The van der Waals surface area contributed by atoms with Crippen molar-refractivity contribution >= 4 is 29.6 Å². The van der Waals surface area contributed by atoms with Crippen LogP contribution in [0.25, 0.3) is 0 Å². The molecule has 63 heavy (non-hydrogen) atoms. The van der Waals surface area contributed by atoms with Crippen molar-refractivity contribution in [2.45, 2.75) is 90.9 Å². The van der Waals surface area contributed by atoms with Crippen molar-refractivity contribution in [3.05, 3.63) is 148 Å². The molecular weight excluding hydrogens is 807 g/mol. The Morgan fingerprint density at radius 1 is 0.429 bits per heavy atom. The van der Waals surface area contributed by atoms with Gasteiger partial charge in [0.05, 0.1) is 34.8 Å². The van der Waals surface area contributed by atoms with E-state index in [0.717, 1.165) is 25.7 Å². The van der Waals surface area contributed by atoms with Crippen molar-refractivity contribution in [1.29, 1.82) is 0 Å². The van der Waals surface area contributed by atoms with Crippen LogP contribution >= 0.6 is 0 Å². The number of hydrogen-bond donors (Lipinski definition) is 0. The largest absolute Gasteiger partial charge is 0.494 e. The molecule has 0 amide bonds. The molecule has 0 unspecified atom stereocenters. The summed E-state index contributed by atoms with van der Waals surface area (Å²) in [7, 11) is 0. The second-order valence-electron chi connectivity index (χ2n) is 14.7. The highest BCUT2D eigenvalue weighted by Gasteiger charge is 2.29. The molecule has 0 aliphatic heterocycles. The highest BCUT2D eigenvalue weighted by atomic mass is 16.6. The number of carbonyl (C=O) groups is 4. The molecule has 0 radical (unpaired) electrons. The predicted octanol–water partition coefficient (Wildman–Crippen LogP) is 12.0. The Balaban J connectivity index is 1.10. The third kappa shape index (κ3) is 15.1. The number of unbranched alkanes of at least 4 members (excludes halogenated alkanes) is 10. The first kappa shape index (κ1) is 47.0. The Bertz CT molecular complexity index is 2250. The molecule has 5 rings (SSSR count). The van der Waals surface area contributed by atoms with Gasteiger partial charge < -0.3 is 28.4 Å². The Hall–Kier alpha value is -7.02. The zero-order chi connectivity index (χ0) is 44.8. The molecule has 0 aliphatic carbocycles. The van der Waals surface area contributed by atoms with Crippen molar-refractivity contribution in [2.24, 2.45) is 0 Å². The van der Waals surface area contributed by atoms with E-state index in [4.69, 9.17) is 28.4 Å². The summed E-state index contributed by atoms with van der Waals surface area (Å²) in [6.07, 6.45) is 13.9. The van der Waals surface area contributed by atoms with E-state index in [0.29, 0.717) is 35.8 Å². The standard InChI is InChI=1S/C50H53NO12/c1-3-5-7-9-11-13-34-58-39-24-18-36(19-25-39)47(52)60-41-28-22-38(23-29-41)49(54)63-45-17-15-16-44(46(45)51(56)57)50(55)62-43-32-30-42(31-33-43)61-48(53)37-20-26-40(27-21-37)59-35-14-12-10-8-6-4-2/h15-33H,3-14,34-35H2,1-2H3. The van der Waals surface area contributed by atoms with Gasteiger partial charge in [0, 0.05) is 0 Å². The highest BCUT2D eigenvalue weighted by molar-refractivity contribution is 5.98. The van der Waals surface area contributed by atoms with E-state index in [9.17, 15) is 29.3 Å². The number of nitro groups is 1. The first-order valence-corrected chi connectivity index (χ1v) is 21.5. The number of carbonyl (C=O) groups excluding carboxylic acids is 4. The summed E-state index contributed by atoms with van der Waals surface area (Å²) in [5.41, 5.74) is -0.652. The Morgan fingerprint density at radius 2 is 0.778 bits per heavy atom. The average Bonchev–Trinajstić information content (AvgIpc) is 3.29. The van der Waals surface area contributed by atoms with Crippen LogP contribution in [0.2, 0.25) is 0 Å². The lowest BCUT2D eigenvalue weighted by atomic mass is 10.1. The number of hydrogen-bond acceptors (Lipinski definition) is 12. The second kappa shape index (κ2) is 25.0. The molecule has 0 aliphatic rings. The number of benzene rings is 5. The van der Waals surface area contributed by atoms with Crippen LogP contribution in [-0.4, -0.2) is 42.0 Å². The predicted molar refractivity (Wildman–Crippen MR) is 236 cm³/mol. The minimum absolute atomic E-state index is 0.00503. The molecule has 13 nitrogen and oxygen atoms in total. The van der Waals surface area contributed by atoms with Crippen LogP contribution in [0.15, 0.2) is 115 Å². The normalized spacial score (nSPS) is 10.7. The zero-order valence-electron chi connectivity index (χ0n) is 35.7. The van der Waals surface area contributed by atoms with Gasteiger partial charge in [-0.25, -0.2) is 19.2 Å². The quantitative estimate of drug-likeness (QED) is 0.0179. The van der Waals surface area contributed by atoms with Gasteiger partial charge in [0.15, 0.2) is 0 Å². The van der Waals surface area contributed by atoms with Gasteiger partial charge in [-0.15, -0.1) is 0 Å². The third-order valence-corrected chi connectivity index (χ3v) is 9.86. The van der Waals surface area contributed by atoms with Gasteiger partial charge in [0.2, 0.25) is 5.75 Å². The third-order valence-electron chi connectivity index (χ3n) is 9.86. The zero-order valence-corrected chi connectivity index (χ0v) is 35.7. The fourth-order valence-corrected chi connectivity index (χ4v) is 6.36. The van der Waals surface area contributed by atoms with Gasteiger partial charge in [-0.1, -0.05) is 84.1 Å². The average molecular weight is 860 g/mol. The van der Waals surface area contributed by atoms with Crippen LogP contribution in [0.4, 0.5) is 5.69 Å². The molecule has 5 aromatic carbocycles. The Kier molecular flexibility index (Phi) is 18.7. The monoisotopic (exact) mass is 859 g/mol. The van der Waals surface area contributed by atoms with Gasteiger partial charge in [-0.2, -0.15) is 0 Å².